The molecule has 2 aliphatic rings. The molecule has 3 rings (SSSR count). The molecule has 0 spiro atoms. The van der Waals surface area contributed by atoms with Crippen molar-refractivity contribution in [1.82, 2.24) is 0 Å². The lowest BCUT2D eigenvalue weighted by Crippen LogP contribution is -2.01. The largest absolute Gasteiger partial charge is 0.493 e. The van der Waals surface area contributed by atoms with Crippen LogP contribution in [0.2, 0.25) is 0 Å². The number of halogens is 1. The summed E-state index contributed by atoms with van der Waals surface area (Å²) in [5, 5.41) is 0. The Bertz CT molecular complexity index is 554. The summed E-state index contributed by atoms with van der Waals surface area (Å²) in [7, 11) is 0. The fraction of sp³-hybridized carbons (Fsp3) is 0.294. The Balaban J connectivity index is 1.62. The van der Waals surface area contributed by atoms with Gasteiger partial charge in [0.15, 0.2) is 0 Å². The Kier molecular flexibility index (Phi) is 3.88. The third-order valence-corrected chi connectivity index (χ3v) is 4.36. The maximum absolute atomic E-state index is 5.63. The predicted octanol–water partition coefficient (Wildman–Crippen LogP) is 5.10. The zero-order chi connectivity index (χ0) is 13.1. The van der Waals surface area contributed by atoms with E-state index in [-0.39, 0.29) is 0 Å². The molecule has 0 saturated carbocycles. The van der Waals surface area contributed by atoms with Crippen molar-refractivity contribution in [1.29, 1.82) is 0 Å². The molecule has 0 aromatic heterocycles. The maximum atomic E-state index is 5.63. The summed E-state index contributed by atoms with van der Waals surface area (Å²) in [5.41, 5.74) is 2.64. The molecular formula is C17H17BrO. The Morgan fingerprint density at radius 1 is 1.32 bits per heavy atom. The molecule has 0 amide bonds. The van der Waals surface area contributed by atoms with E-state index in [1.54, 1.807) is 0 Å². The molecule has 1 aliphatic heterocycles. The van der Waals surface area contributed by atoms with Gasteiger partial charge < -0.3 is 4.74 Å². The molecule has 1 unspecified atom stereocenters. The van der Waals surface area contributed by atoms with Crippen LogP contribution in [0.25, 0.3) is 6.08 Å². The second kappa shape index (κ2) is 5.79. The van der Waals surface area contributed by atoms with Crippen molar-refractivity contribution in [2.75, 3.05) is 6.61 Å². The second-order valence-corrected chi connectivity index (χ2v) is 5.87. The van der Waals surface area contributed by atoms with Crippen LogP contribution in [0.1, 0.15) is 24.8 Å². The average Bonchev–Trinajstić information content (AvgIpc) is 2.88. The van der Waals surface area contributed by atoms with E-state index in [4.69, 9.17) is 4.74 Å². The minimum atomic E-state index is 0.579. The monoisotopic (exact) mass is 316 g/mol. The lowest BCUT2D eigenvalue weighted by atomic mass is 9.92. The average molecular weight is 317 g/mol. The van der Waals surface area contributed by atoms with Gasteiger partial charge in [-0.25, -0.2) is 0 Å². The van der Waals surface area contributed by atoms with Gasteiger partial charge >= 0.3 is 0 Å². The van der Waals surface area contributed by atoms with Gasteiger partial charge in [0.1, 0.15) is 5.76 Å². The molecule has 1 aromatic rings. The molecule has 1 nitrogen and oxygen atoms in total. The summed E-state index contributed by atoms with van der Waals surface area (Å²) in [6.45, 7) is 0.858. The SMILES string of the molecule is Brc1ccccc1C=CCC1C=C2OCCC2=CC1. The molecule has 1 aliphatic carbocycles. The highest BCUT2D eigenvalue weighted by Gasteiger charge is 2.20. The summed E-state index contributed by atoms with van der Waals surface area (Å²) in [5.74, 6) is 1.71. The maximum Gasteiger partial charge on any atom is 0.118 e. The Hall–Kier alpha value is -1.28. The second-order valence-electron chi connectivity index (χ2n) is 5.01. The predicted molar refractivity (Wildman–Crippen MR) is 82.6 cm³/mol. The minimum Gasteiger partial charge on any atom is -0.493 e. The standard InChI is InChI=1S/C17H17BrO/c18-16-7-2-1-5-14(16)6-3-4-13-8-9-15-10-11-19-17(15)12-13/h1-3,5-7,9,12-13H,4,8,10-11H2. The van der Waals surface area contributed by atoms with Crippen molar-refractivity contribution in [3.8, 4) is 0 Å². The molecule has 0 N–H and O–H groups in total. The van der Waals surface area contributed by atoms with Gasteiger partial charge in [0, 0.05) is 10.9 Å². The number of rotatable bonds is 3. The fourth-order valence-corrected chi connectivity index (χ4v) is 2.98. The molecule has 1 saturated heterocycles. The lowest BCUT2D eigenvalue weighted by molar-refractivity contribution is 0.261. The van der Waals surface area contributed by atoms with Gasteiger partial charge in [-0.1, -0.05) is 52.4 Å². The van der Waals surface area contributed by atoms with E-state index in [1.807, 2.05) is 6.07 Å². The van der Waals surface area contributed by atoms with E-state index >= 15 is 0 Å². The van der Waals surface area contributed by atoms with Crippen molar-refractivity contribution in [3.05, 3.63) is 63.9 Å². The highest BCUT2D eigenvalue weighted by Crippen LogP contribution is 2.32. The molecule has 19 heavy (non-hydrogen) atoms. The van der Waals surface area contributed by atoms with Gasteiger partial charge in [-0.2, -0.15) is 0 Å². The van der Waals surface area contributed by atoms with Crippen LogP contribution in [0.15, 0.2) is 58.3 Å². The van der Waals surface area contributed by atoms with Crippen LogP contribution in [-0.2, 0) is 4.74 Å². The van der Waals surface area contributed by atoms with Gasteiger partial charge in [-0.3, -0.25) is 0 Å². The van der Waals surface area contributed by atoms with Crippen molar-refractivity contribution in [2.45, 2.75) is 19.3 Å². The molecular weight excluding hydrogens is 300 g/mol. The highest BCUT2D eigenvalue weighted by atomic mass is 79.9. The molecule has 1 aromatic carbocycles. The number of hydrogen-bond donors (Lipinski definition) is 0. The van der Waals surface area contributed by atoms with Crippen LogP contribution < -0.4 is 0 Å². The van der Waals surface area contributed by atoms with Gasteiger partial charge in [0.05, 0.1) is 6.61 Å². The quantitative estimate of drug-likeness (QED) is 0.753. The highest BCUT2D eigenvalue weighted by molar-refractivity contribution is 9.10. The lowest BCUT2D eigenvalue weighted by Gasteiger charge is -2.15. The minimum absolute atomic E-state index is 0.579. The van der Waals surface area contributed by atoms with Crippen LogP contribution in [0.5, 0.6) is 0 Å². The van der Waals surface area contributed by atoms with Gasteiger partial charge in [-0.15, -0.1) is 0 Å². The Morgan fingerprint density at radius 2 is 2.21 bits per heavy atom. The summed E-state index contributed by atoms with van der Waals surface area (Å²) in [6, 6.07) is 8.30. The van der Waals surface area contributed by atoms with Crippen LogP contribution in [0.3, 0.4) is 0 Å². The first-order valence-electron chi connectivity index (χ1n) is 6.78. The summed E-state index contributed by atoms with van der Waals surface area (Å²) >= 11 is 3.57. The summed E-state index contributed by atoms with van der Waals surface area (Å²) in [4.78, 5) is 0. The molecule has 98 valence electrons. The third kappa shape index (κ3) is 3.01. The zero-order valence-electron chi connectivity index (χ0n) is 10.8. The first kappa shape index (κ1) is 12.7. The van der Waals surface area contributed by atoms with Gasteiger partial charge in [0.25, 0.3) is 0 Å². The van der Waals surface area contributed by atoms with Gasteiger partial charge in [0.2, 0.25) is 0 Å². The Labute approximate surface area is 122 Å². The summed E-state index contributed by atoms with van der Waals surface area (Å²) < 4.78 is 6.78. The number of allylic oxidation sites excluding steroid dienone is 4. The number of ether oxygens (including phenoxy) is 1. The van der Waals surface area contributed by atoms with Crippen molar-refractivity contribution in [3.63, 3.8) is 0 Å². The molecule has 1 heterocycles. The smallest absolute Gasteiger partial charge is 0.118 e. The zero-order valence-corrected chi connectivity index (χ0v) is 12.4. The topological polar surface area (TPSA) is 9.23 Å². The molecule has 0 radical (unpaired) electrons. The number of benzene rings is 1. The first-order valence-corrected chi connectivity index (χ1v) is 7.57. The van der Waals surface area contributed by atoms with E-state index in [2.05, 4.69) is 58.4 Å². The van der Waals surface area contributed by atoms with E-state index in [0.29, 0.717) is 5.92 Å². The van der Waals surface area contributed by atoms with E-state index < -0.39 is 0 Å². The van der Waals surface area contributed by atoms with E-state index in [9.17, 15) is 0 Å². The van der Waals surface area contributed by atoms with E-state index in [1.165, 1.54) is 11.1 Å². The summed E-state index contributed by atoms with van der Waals surface area (Å²) in [6.07, 6.45) is 12.4. The van der Waals surface area contributed by atoms with E-state index in [0.717, 1.165) is 36.1 Å². The molecule has 1 fully saturated rings. The van der Waals surface area contributed by atoms with Crippen LogP contribution >= 0.6 is 15.9 Å². The van der Waals surface area contributed by atoms with Crippen LogP contribution in [0, 0.1) is 5.92 Å². The normalized spacial score (nSPS) is 21.8. The number of hydrogen-bond acceptors (Lipinski definition) is 1. The van der Waals surface area contributed by atoms with Gasteiger partial charge in [-0.05, 0) is 42.0 Å². The third-order valence-electron chi connectivity index (χ3n) is 3.64. The number of fused-ring (bicyclic) bond motifs is 1. The van der Waals surface area contributed by atoms with Crippen molar-refractivity contribution in [2.24, 2.45) is 5.92 Å². The molecule has 1 atom stereocenters. The molecule has 0 bridgehead atoms. The fourth-order valence-electron chi connectivity index (χ4n) is 2.56. The van der Waals surface area contributed by atoms with Crippen molar-refractivity contribution >= 4 is 22.0 Å². The van der Waals surface area contributed by atoms with Crippen LogP contribution in [0.4, 0.5) is 0 Å². The van der Waals surface area contributed by atoms with Crippen molar-refractivity contribution < 1.29 is 4.74 Å². The molecule has 2 heteroatoms. The first-order chi connectivity index (χ1) is 9.33. The van der Waals surface area contributed by atoms with Crippen LogP contribution in [-0.4, -0.2) is 6.61 Å². The Morgan fingerprint density at radius 3 is 3.11 bits per heavy atom.